The number of Topliss-reactive ketones (excluding diaryl/α,β-unsaturated/α-hetero) is 1. The van der Waals surface area contributed by atoms with Gasteiger partial charge in [-0.3, -0.25) is 29.0 Å². The fraction of sp³-hybridized carbons (Fsp3) is 0.457. The maximum atomic E-state index is 14.4. The number of pyridine rings is 1. The molecule has 1 fully saturated rings. The van der Waals surface area contributed by atoms with Gasteiger partial charge in [0.1, 0.15) is 41.6 Å². The molecule has 2 aliphatic rings. The Kier molecular flexibility index (Phi) is 19.4. The number of rotatable bonds is 10. The number of ketones is 1. The predicted octanol–water partition coefficient (Wildman–Crippen LogP) is 2.86. The van der Waals surface area contributed by atoms with E-state index < -0.39 is 83.8 Å². The summed E-state index contributed by atoms with van der Waals surface area (Å²) in [4.78, 5) is 85.1. The van der Waals surface area contributed by atoms with Crippen LogP contribution in [-0.2, 0) is 39.9 Å². The van der Waals surface area contributed by atoms with Crippen LogP contribution in [0.3, 0.4) is 0 Å². The maximum absolute atomic E-state index is 14.4. The molecule has 7 N–H and O–H groups in total. The largest absolute Gasteiger partial charge is 0.508 e. The molecule has 63 heavy (non-hydrogen) atoms. The Morgan fingerprint density at radius 1 is 1.06 bits per heavy atom. The highest BCUT2D eigenvalue weighted by molar-refractivity contribution is 7.27. The molecule has 9 atom stereocenters. The smallest absolute Gasteiger partial charge is 0.325 e. The standard InChI is InChI=1S/C46H61N6O10P/c1-27(2)41-44(59)48-36(25-31-23-32(54)26-33(63)24-31)45(60)52-22-12-14-35(51-52)46(61)62-38(28(3)13-11-18-40(56)49-39-17-9-10-21-47-39)16-8-6-7-15-37(55)30(5)42(57)34(43(58)50-41)20-19-29(4)53/h6-11,13,15,17-18,21,23-24,26-27,30,34-38,41-42,51,54-55,57H,12,14,16,19-20,22,25,63H2,1-5H3,(H,48,59)(H,50,58)(H,47,49,56)/b8-6+,15-7+,18-11+,28-13+/t30?,34?,35?,36?,37-,38-,41?,42?/m0/s1. The number of phenolic OH excluding ortho intramolecular Hbond substituents is 1. The van der Waals surface area contributed by atoms with Gasteiger partial charge in [0.2, 0.25) is 17.7 Å². The van der Waals surface area contributed by atoms with E-state index in [0.717, 1.165) is 0 Å². The number of esters is 1. The normalized spacial score (nSPS) is 27.1. The minimum Gasteiger partial charge on any atom is -0.508 e. The molecule has 1 saturated heterocycles. The number of hydrogen-bond acceptors (Lipinski definition) is 12. The summed E-state index contributed by atoms with van der Waals surface area (Å²) in [5.74, 6) is -5.53. The lowest BCUT2D eigenvalue weighted by Crippen LogP contribution is -2.62. The first-order chi connectivity index (χ1) is 29.9. The molecule has 4 amide bonds. The first-order valence-electron chi connectivity index (χ1n) is 21.2. The van der Waals surface area contributed by atoms with Crippen LogP contribution < -0.4 is 26.7 Å². The van der Waals surface area contributed by atoms with Crippen molar-refractivity contribution in [2.24, 2.45) is 17.8 Å². The van der Waals surface area contributed by atoms with Crippen molar-refractivity contribution in [1.29, 1.82) is 0 Å². The number of hydrogen-bond donors (Lipinski definition) is 7. The Morgan fingerprint density at radius 3 is 2.51 bits per heavy atom. The summed E-state index contributed by atoms with van der Waals surface area (Å²) in [6.07, 6.45) is 9.64. The summed E-state index contributed by atoms with van der Waals surface area (Å²) in [6.45, 7) is 8.27. The van der Waals surface area contributed by atoms with E-state index in [4.69, 9.17) is 4.74 Å². The van der Waals surface area contributed by atoms with Gasteiger partial charge in [0.15, 0.2) is 0 Å². The number of nitrogens with zero attached hydrogens (tertiary/aromatic N) is 2. The van der Waals surface area contributed by atoms with E-state index >= 15 is 0 Å². The van der Waals surface area contributed by atoms with Crippen LogP contribution in [0.15, 0.2) is 90.7 Å². The van der Waals surface area contributed by atoms with E-state index in [0.29, 0.717) is 35.1 Å². The number of aromatic hydroxyl groups is 1. The quantitative estimate of drug-likeness (QED) is 0.0790. The summed E-state index contributed by atoms with van der Waals surface area (Å²) in [5, 5.41) is 43.1. The van der Waals surface area contributed by atoms with Crippen LogP contribution in [0.1, 0.15) is 72.3 Å². The second-order valence-corrected chi connectivity index (χ2v) is 17.0. The van der Waals surface area contributed by atoms with Gasteiger partial charge in [-0.2, -0.15) is 0 Å². The highest BCUT2D eigenvalue weighted by Gasteiger charge is 2.38. The van der Waals surface area contributed by atoms with Crippen LogP contribution in [0.4, 0.5) is 5.82 Å². The molecule has 340 valence electrons. The van der Waals surface area contributed by atoms with Gasteiger partial charge >= 0.3 is 5.97 Å². The fourth-order valence-electron chi connectivity index (χ4n) is 7.18. The number of hydrazine groups is 1. The van der Waals surface area contributed by atoms with E-state index in [9.17, 15) is 44.1 Å². The molecule has 0 radical (unpaired) electrons. The zero-order chi connectivity index (χ0) is 46.2. The number of benzene rings is 1. The Morgan fingerprint density at radius 2 is 1.83 bits per heavy atom. The molecule has 2 aromatic rings. The molecule has 4 rings (SSSR count). The third-order valence-electron chi connectivity index (χ3n) is 10.9. The molecule has 1 aromatic carbocycles. The third kappa shape index (κ3) is 15.6. The SMILES string of the molecule is CC(=O)CCC1C(=O)NC(C(C)C)C(=O)NC(Cc2cc(O)cc(P)c2)C(=O)N2CCCC(N2)C(=O)O[C@H](/C(C)=C/C=C/C(=O)Nc2ccccn2)C/C=C/C=C/[C@H](O)C(C)C1O. The number of carbonyl (C=O) groups is 6. The topological polar surface area (TPSA) is 237 Å². The van der Waals surface area contributed by atoms with Crippen molar-refractivity contribution in [2.75, 3.05) is 11.9 Å². The Bertz CT molecular complexity index is 2040. The lowest BCUT2D eigenvalue weighted by molar-refractivity contribution is -0.156. The number of allylic oxidation sites excluding steroid dienone is 4. The molecule has 2 bridgehead atoms. The van der Waals surface area contributed by atoms with E-state index in [-0.39, 0.29) is 43.8 Å². The van der Waals surface area contributed by atoms with Crippen LogP contribution in [0.5, 0.6) is 5.75 Å². The third-order valence-corrected chi connectivity index (χ3v) is 11.2. The summed E-state index contributed by atoms with van der Waals surface area (Å²) in [7, 11) is 2.48. The number of cyclic esters (lactones) is 1. The molecule has 2 aliphatic heterocycles. The molecule has 16 nitrogen and oxygen atoms in total. The molecule has 7 unspecified atom stereocenters. The van der Waals surface area contributed by atoms with E-state index in [2.05, 4.69) is 35.6 Å². The van der Waals surface area contributed by atoms with Crippen molar-refractivity contribution < 1.29 is 48.8 Å². The molecular weight excluding hydrogens is 828 g/mol. The van der Waals surface area contributed by atoms with Crippen molar-refractivity contribution >= 4 is 55.7 Å². The zero-order valence-corrected chi connectivity index (χ0v) is 37.6. The average Bonchev–Trinajstić information content (AvgIpc) is 3.23. The number of aliphatic hydroxyl groups excluding tert-OH is 2. The van der Waals surface area contributed by atoms with Gasteiger partial charge in [-0.1, -0.05) is 69.4 Å². The molecular formula is C46H61N6O10P. The highest BCUT2D eigenvalue weighted by Crippen LogP contribution is 2.24. The van der Waals surface area contributed by atoms with Gasteiger partial charge in [0.25, 0.3) is 5.91 Å². The second kappa shape index (κ2) is 24.3. The van der Waals surface area contributed by atoms with Gasteiger partial charge in [0, 0.05) is 44.0 Å². The van der Waals surface area contributed by atoms with Crippen LogP contribution >= 0.6 is 9.24 Å². The number of anilines is 1. The highest BCUT2D eigenvalue weighted by atomic mass is 31.0. The van der Waals surface area contributed by atoms with Crippen molar-refractivity contribution in [3.8, 4) is 5.75 Å². The molecule has 0 spiro atoms. The second-order valence-electron chi connectivity index (χ2n) is 16.4. The number of carbonyl (C=O) groups excluding carboxylic acids is 6. The van der Waals surface area contributed by atoms with Gasteiger partial charge in [0.05, 0.1) is 18.1 Å². The van der Waals surface area contributed by atoms with E-state index in [1.54, 1.807) is 82.5 Å². The number of phenols is 1. The average molecular weight is 889 g/mol. The minimum atomic E-state index is -1.43. The Labute approximate surface area is 370 Å². The summed E-state index contributed by atoms with van der Waals surface area (Å²) >= 11 is 0. The van der Waals surface area contributed by atoms with Crippen molar-refractivity contribution in [2.45, 2.75) is 110 Å². The van der Waals surface area contributed by atoms with Gasteiger partial charge < -0.3 is 40.8 Å². The lowest BCUT2D eigenvalue weighted by atomic mass is 9.84. The monoisotopic (exact) mass is 888 g/mol. The summed E-state index contributed by atoms with van der Waals surface area (Å²) < 4.78 is 6.05. The van der Waals surface area contributed by atoms with Crippen molar-refractivity contribution in [3.63, 3.8) is 0 Å². The molecule has 1 aromatic heterocycles. The summed E-state index contributed by atoms with van der Waals surface area (Å²) in [5.41, 5.74) is 4.11. The fourth-order valence-corrected chi connectivity index (χ4v) is 7.56. The number of aromatic nitrogens is 1. The lowest BCUT2D eigenvalue weighted by Gasteiger charge is -2.36. The Hall–Kier alpha value is -5.54. The first kappa shape index (κ1) is 50.1. The zero-order valence-electron chi connectivity index (χ0n) is 36.4. The number of nitrogens with one attached hydrogen (secondary N) is 4. The molecule has 17 heteroatoms. The number of amides is 4. The number of fused-ring (bicyclic) bond motifs is 2. The van der Waals surface area contributed by atoms with E-state index in [1.807, 2.05) is 0 Å². The molecule has 3 heterocycles. The Balaban J connectivity index is 1.71. The number of aliphatic hydroxyl groups is 2. The van der Waals surface area contributed by atoms with Crippen LogP contribution in [-0.4, -0.2) is 104 Å². The number of ether oxygens (including phenoxy) is 1. The minimum absolute atomic E-state index is 0.0368. The van der Waals surface area contributed by atoms with Crippen molar-refractivity contribution in [1.82, 2.24) is 26.1 Å². The van der Waals surface area contributed by atoms with Gasteiger partial charge in [-0.25, -0.2) is 10.4 Å². The van der Waals surface area contributed by atoms with Gasteiger partial charge in [-0.15, -0.1) is 9.24 Å². The van der Waals surface area contributed by atoms with Crippen LogP contribution in [0.25, 0.3) is 0 Å². The van der Waals surface area contributed by atoms with E-state index in [1.165, 1.54) is 42.3 Å². The molecule has 0 aliphatic carbocycles. The predicted molar refractivity (Wildman–Crippen MR) is 241 cm³/mol. The molecule has 0 saturated carbocycles. The first-order valence-corrected chi connectivity index (χ1v) is 21.7. The van der Waals surface area contributed by atoms with Crippen LogP contribution in [0, 0.1) is 17.8 Å². The van der Waals surface area contributed by atoms with Crippen molar-refractivity contribution in [3.05, 3.63) is 96.3 Å². The maximum Gasteiger partial charge on any atom is 0.325 e. The van der Waals surface area contributed by atoms with Crippen LogP contribution in [0.2, 0.25) is 0 Å². The summed E-state index contributed by atoms with van der Waals surface area (Å²) in [6, 6.07) is 6.44. The van der Waals surface area contributed by atoms with Gasteiger partial charge in [-0.05, 0) is 79.7 Å².